The summed E-state index contributed by atoms with van der Waals surface area (Å²) in [5.41, 5.74) is 1.10. The molecule has 0 saturated heterocycles. The van der Waals surface area contributed by atoms with Crippen molar-refractivity contribution in [2.75, 3.05) is 20.3 Å². The number of nitrogens with zero attached hydrogens (tertiary/aromatic N) is 1. The minimum atomic E-state index is 0.0431. The van der Waals surface area contributed by atoms with Gasteiger partial charge in [-0.15, -0.1) is 0 Å². The number of hydrogen-bond acceptors (Lipinski definition) is 3. The second kappa shape index (κ2) is 6.57. The predicted octanol–water partition coefficient (Wildman–Crippen LogP) is 1.61. The molecule has 0 spiro atoms. The Morgan fingerprint density at radius 2 is 2.26 bits per heavy atom. The molecule has 0 aromatic heterocycles. The van der Waals surface area contributed by atoms with Gasteiger partial charge in [-0.05, 0) is 37.0 Å². The van der Waals surface area contributed by atoms with Crippen LogP contribution in [0.5, 0.6) is 5.75 Å². The number of methoxy groups -OCH3 is 1. The number of amides is 1. The average molecular weight is 263 g/mol. The van der Waals surface area contributed by atoms with Gasteiger partial charge in [0.1, 0.15) is 5.75 Å². The Balaban J connectivity index is 1.87. The molecule has 0 aliphatic heterocycles. The van der Waals surface area contributed by atoms with Gasteiger partial charge in [-0.1, -0.05) is 12.1 Å². The van der Waals surface area contributed by atoms with Crippen molar-refractivity contribution in [3.8, 4) is 5.75 Å². The number of hydrogen-bond donors (Lipinski definition) is 1. The van der Waals surface area contributed by atoms with Gasteiger partial charge in [-0.3, -0.25) is 4.79 Å². The maximum atomic E-state index is 12.1. The van der Waals surface area contributed by atoms with Gasteiger partial charge in [-0.25, -0.2) is 0 Å². The van der Waals surface area contributed by atoms with Crippen LogP contribution in [0.1, 0.15) is 24.8 Å². The van der Waals surface area contributed by atoms with Crippen LogP contribution in [0.2, 0.25) is 0 Å². The van der Waals surface area contributed by atoms with Crippen molar-refractivity contribution in [1.82, 2.24) is 4.90 Å². The van der Waals surface area contributed by atoms with Crippen LogP contribution in [0.4, 0.5) is 0 Å². The van der Waals surface area contributed by atoms with E-state index >= 15 is 0 Å². The molecule has 0 unspecified atom stereocenters. The Morgan fingerprint density at radius 1 is 1.47 bits per heavy atom. The van der Waals surface area contributed by atoms with E-state index in [1.165, 1.54) is 0 Å². The highest BCUT2D eigenvalue weighted by Crippen LogP contribution is 2.27. The van der Waals surface area contributed by atoms with Crippen LogP contribution in [0.3, 0.4) is 0 Å². The number of carbonyl (C=O) groups is 1. The summed E-state index contributed by atoms with van der Waals surface area (Å²) in [6.45, 7) is 0.503. The minimum absolute atomic E-state index is 0.0431. The molecule has 1 fully saturated rings. The summed E-state index contributed by atoms with van der Waals surface area (Å²) in [6.07, 6.45) is 3.35. The van der Waals surface area contributed by atoms with Crippen LogP contribution >= 0.6 is 0 Å². The van der Waals surface area contributed by atoms with Crippen molar-refractivity contribution in [2.45, 2.75) is 31.7 Å². The average Bonchev–Trinajstić information content (AvgIpc) is 3.27. The second-order valence-electron chi connectivity index (χ2n) is 4.89. The van der Waals surface area contributed by atoms with E-state index in [1.807, 2.05) is 29.2 Å². The molecule has 1 N–H and O–H groups in total. The van der Waals surface area contributed by atoms with Crippen molar-refractivity contribution in [1.29, 1.82) is 0 Å². The number of aryl methyl sites for hydroxylation is 1. The zero-order valence-electron chi connectivity index (χ0n) is 11.3. The Kier molecular flexibility index (Phi) is 4.80. The molecule has 1 saturated carbocycles. The second-order valence-corrected chi connectivity index (χ2v) is 4.89. The largest absolute Gasteiger partial charge is 0.497 e. The number of benzene rings is 1. The minimum Gasteiger partial charge on any atom is -0.497 e. The first-order valence-corrected chi connectivity index (χ1v) is 6.78. The Morgan fingerprint density at radius 3 is 2.89 bits per heavy atom. The predicted molar refractivity (Wildman–Crippen MR) is 73.1 cm³/mol. The van der Waals surface area contributed by atoms with Crippen molar-refractivity contribution < 1.29 is 14.6 Å². The SMILES string of the molecule is COc1cccc(CCC(=O)N(CCO)C2CC2)c1. The van der Waals surface area contributed by atoms with Crippen LogP contribution < -0.4 is 4.74 Å². The molecule has 0 radical (unpaired) electrons. The number of ether oxygens (including phenoxy) is 1. The number of rotatable bonds is 7. The van der Waals surface area contributed by atoms with Crippen LogP contribution in [0.15, 0.2) is 24.3 Å². The lowest BCUT2D eigenvalue weighted by Crippen LogP contribution is -2.35. The molecule has 1 amide bonds. The lowest BCUT2D eigenvalue weighted by molar-refractivity contribution is -0.132. The molecule has 1 aromatic rings. The molecule has 1 aromatic carbocycles. The zero-order valence-corrected chi connectivity index (χ0v) is 11.3. The molecule has 4 heteroatoms. The number of aliphatic hydroxyl groups excluding tert-OH is 1. The summed E-state index contributed by atoms with van der Waals surface area (Å²) >= 11 is 0. The van der Waals surface area contributed by atoms with Gasteiger partial charge in [0.05, 0.1) is 13.7 Å². The lowest BCUT2D eigenvalue weighted by Gasteiger charge is -2.21. The molecule has 19 heavy (non-hydrogen) atoms. The standard InChI is InChI=1S/C15H21NO3/c1-19-14-4-2-3-12(11-14)5-8-15(18)16(9-10-17)13-6-7-13/h2-4,11,13,17H,5-10H2,1H3. The van der Waals surface area contributed by atoms with Crippen LogP contribution in [-0.2, 0) is 11.2 Å². The quantitative estimate of drug-likeness (QED) is 0.813. The van der Waals surface area contributed by atoms with E-state index in [-0.39, 0.29) is 12.5 Å². The normalized spacial score (nSPS) is 14.2. The fraction of sp³-hybridized carbons (Fsp3) is 0.533. The first-order valence-electron chi connectivity index (χ1n) is 6.78. The first-order chi connectivity index (χ1) is 9.24. The summed E-state index contributed by atoms with van der Waals surface area (Å²) < 4.78 is 5.17. The lowest BCUT2D eigenvalue weighted by atomic mass is 10.1. The molecular formula is C15H21NO3. The highest BCUT2D eigenvalue weighted by Gasteiger charge is 2.31. The van der Waals surface area contributed by atoms with E-state index in [2.05, 4.69) is 0 Å². The van der Waals surface area contributed by atoms with Gasteiger partial charge in [0.25, 0.3) is 0 Å². The van der Waals surface area contributed by atoms with E-state index in [0.29, 0.717) is 25.4 Å². The Hall–Kier alpha value is -1.55. The molecule has 4 nitrogen and oxygen atoms in total. The van der Waals surface area contributed by atoms with Crippen molar-refractivity contribution >= 4 is 5.91 Å². The van der Waals surface area contributed by atoms with Crippen LogP contribution in [-0.4, -0.2) is 42.2 Å². The topological polar surface area (TPSA) is 49.8 Å². The molecule has 2 rings (SSSR count). The highest BCUT2D eigenvalue weighted by molar-refractivity contribution is 5.77. The number of aliphatic hydroxyl groups is 1. The summed E-state index contributed by atoms with van der Waals surface area (Å²) in [5, 5.41) is 9.01. The monoisotopic (exact) mass is 263 g/mol. The van der Waals surface area contributed by atoms with Crippen molar-refractivity contribution in [3.05, 3.63) is 29.8 Å². The Labute approximate surface area is 114 Å². The molecule has 1 aliphatic rings. The van der Waals surface area contributed by atoms with Gasteiger partial charge in [0.2, 0.25) is 5.91 Å². The maximum absolute atomic E-state index is 12.1. The molecule has 0 heterocycles. The van der Waals surface area contributed by atoms with E-state index in [4.69, 9.17) is 9.84 Å². The van der Waals surface area contributed by atoms with Gasteiger partial charge in [0, 0.05) is 19.0 Å². The summed E-state index contributed by atoms with van der Waals surface area (Å²) in [5.74, 6) is 0.957. The van der Waals surface area contributed by atoms with Gasteiger partial charge >= 0.3 is 0 Å². The third-order valence-corrected chi connectivity index (χ3v) is 3.41. The van der Waals surface area contributed by atoms with Crippen molar-refractivity contribution in [2.24, 2.45) is 0 Å². The highest BCUT2D eigenvalue weighted by atomic mass is 16.5. The summed E-state index contributed by atoms with van der Waals surface area (Å²) in [4.78, 5) is 13.9. The summed E-state index contributed by atoms with van der Waals surface area (Å²) in [7, 11) is 1.64. The van der Waals surface area contributed by atoms with Gasteiger partial charge < -0.3 is 14.7 Å². The third kappa shape index (κ3) is 3.96. The maximum Gasteiger partial charge on any atom is 0.223 e. The molecule has 1 aliphatic carbocycles. The Bertz CT molecular complexity index is 429. The molecular weight excluding hydrogens is 242 g/mol. The number of carbonyl (C=O) groups excluding carboxylic acids is 1. The third-order valence-electron chi connectivity index (χ3n) is 3.41. The molecule has 0 atom stereocenters. The smallest absolute Gasteiger partial charge is 0.223 e. The fourth-order valence-electron chi connectivity index (χ4n) is 2.23. The van der Waals surface area contributed by atoms with Gasteiger partial charge in [0.15, 0.2) is 0 Å². The van der Waals surface area contributed by atoms with E-state index in [0.717, 1.165) is 24.2 Å². The van der Waals surface area contributed by atoms with Gasteiger partial charge in [-0.2, -0.15) is 0 Å². The van der Waals surface area contributed by atoms with Crippen LogP contribution in [0.25, 0.3) is 0 Å². The van der Waals surface area contributed by atoms with Crippen molar-refractivity contribution in [3.63, 3.8) is 0 Å². The van der Waals surface area contributed by atoms with E-state index in [9.17, 15) is 4.79 Å². The van der Waals surface area contributed by atoms with Crippen LogP contribution in [0, 0.1) is 0 Å². The van der Waals surface area contributed by atoms with E-state index < -0.39 is 0 Å². The fourth-order valence-corrected chi connectivity index (χ4v) is 2.23. The van der Waals surface area contributed by atoms with E-state index in [1.54, 1.807) is 7.11 Å². The summed E-state index contributed by atoms with van der Waals surface area (Å²) in [6, 6.07) is 8.16. The molecule has 104 valence electrons. The zero-order chi connectivity index (χ0) is 13.7. The first kappa shape index (κ1) is 13.9. The molecule has 0 bridgehead atoms.